The molecule has 14 nitrogen and oxygen atoms in total. The highest BCUT2D eigenvalue weighted by Gasteiger charge is 2.56. The van der Waals surface area contributed by atoms with Crippen LogP contribution in [-0.2, 0) is 24.4 Å². The van der Waals surface area contributed by atoms with Crippen molar-refractivity contribution in [3.8, 4) is 5.75 Å². The van der Waals surface area contributed by atoms with Crippen LogP contribution in [-0.4, -0.2) is 47.9 Å². The Hall–Kier alpha value is -4.84. The molecular formula is C28H21N5O9S3. The van der Waals surface area contributed by atoms with Crippen LogP contribution in [0, 0.1) is 16.0 Å². The number of thiazole rings is 1. The van der Waals surface area contributed by atoms with Gasteiger partial charge in [-0.2, -0.15) is 0 Å². The summed E-state index contributed by atoms with van der Waals surface area (Å²) in [6, 6.07) is 17.0. The molecule has 4 aromatic rings. The number of nitro benzene ring substituents is 1. The number of imide groups is 1. The molecule has 2 aliphatic rings. The molecule has 0 spiro atoms. The molecule has 0 aliphatic carbocycles. The lowest BCUT2D eigenvalue weighted by molar-refractivity contribution is -0.384. The molecule has 0 radical (unpaired) electrons. The van der Waals surface area contributed by atoms with Crippen LogP contribution < -0.4 is 25.0 Å². The number of fused-ring (bicyclic) bond motifs is 2. The van der Waals surface area contributed by atoms with E-state index in [1.165, 1.54) is 48.5 Å². The molecular weight excluding hydrogens is 647 g/mol. The van der Waals surface area contributed by atoms with E-state index in [2.05, 4.69) is 10.3 Å². The van der Waals surface area contributed by atoms with E-state index in [-0.39, 0.29) is 26.9 Å². The van der Waals surface area contributed by atoms with Crippen LogP contribution in [0.25, 0.3) is 0 Å². The number of aromatic amines is 1. The van der Waals surface area contributed by atoms with Gasteiger partial charge in [0.15, 0.2) is 6.61 Å². The Morgan fingerprint density at radius 3 is 2.38 bits per heavy atom. The minimum absolute atomic E-state index is 0.117. The second-order valence-corrected chi connectivity index (χ2v) is 13.7. The predicted octanol–water partition coefficient (Wildman–Crippen LogP) is 2.81. The largest absolute Gasteiger partial charge is 0.483 e. The van der Waals surface area contributed by atoms with E-state index in [0.29, 0.717) is 21.2 Å². The van der Waals surface area contributed by atoms with E-state index < -0.39 is 56.4 Å². The first kappa shape index (κ1) is 30.2. The highest BCUT2D eigenvalue weighted by molar-refractivity contribution is 8.00. The molecule has 45 heavy (non-hydrogen) atoms. The van der Waals surface area contributed by atoms with E-state index in [9.17, 15) is 37.7 Å². The van der Waals surface area contributed by atoms with Crippen LogP contribution in [0.2, 0.25) is 0 Å². The molecule has 0 saturated carbocycles. The third kappa shape index (κ3) is 5.73. The van der Waals surface area contributed by atoms with Gasteiger partial charge in [0.1, 0.15) is 11.0 Å². The highest BCUT2D eigenvalue weighted by Crippen LogP contribution is 2.54. The monoisotopic (exact) mass is 667 g/mol. The van der Waals surface area contributed by atoms with Gasteiger partial charge in [-0.05, 0) is 42.5 Å². The van der Waals surface area contributed by atoms with E-state index in [1.807, 2.05) is 0 Å². The number of amides is 3. The van der Waals surface area contributed by atoms with Gasteiger partial charge in [0.25, 0.3) is 11.6 Å². The first-order valence-electron chi connectivity index (χ1n) is 13.1. The fourth-order valence-electron chi connectivity index (χ4n) is 5.27. The number of hydrogen-bond donors (Lipinski definition) is 3. The maximum Gasteiger partial charge on any atom is 0.305 e. The van der Waals surface area contributed by atoms with Gasteiger partial charge in [0.05, 0.1) is 26.5 Å². The number of nitrogens with zero attached hydrogens (tertiary/aromatic N) is 2. The molecule has 4 N–H and O–H groups in total. The van der Waals surface area contributed by atoms with Crippen molar-refractivity contribution in [2.45, 2.75) is 21.1 Å². The van der Waals surface area contributed by atoms with Gasteiger partial charge >= 0.3 is 4.87 Å². The first-order valence-corrected chi connectivity index (χ1v) is 16.3. The van der Waals surface area contributed by atoms with Crippen LogP contribution in [0.1, 0.15) is 16.4 Å². The number of non-ortho nitro benzene ring substituents is 1. The van der Waals surface area contributed by atoms with Crippen molar-refractivity contribution in [1.82, 2.24) is 4.98 Å². The van der Waals surface area contributed by atoms with Gasteiger partial charge < -0.3 is 15.0 Å². The summed E-state index contributed by atoms with van der Waals surface area (Å²) in [6.45, 7) is -0.457. The Bertz CT molecular complexity index is 2030. The van der Waals surface area contributed by atoms with Gasteiger partial charge in [0.2, 0.25) is 21.8 Å². The molecule has 1 saturated heterocycles. The number of primary sulfonamides is 1. The topological polar surface area (TPSA) is 212 Å². The fraction of sp³-hybridized carbons (Fsp3) is 0.143. The summed E-state index contributed by atoms with van der Waals surface area (Å²) < 4.78 is 28.9. The van der Waals surface area contributed by atoms with Crippen LogP contribution in [0.5, 0.6) is 5.75 Å². The number of nitrogens with two attached hydrogens (primary N) is 1. The number of para-hydroxylation sites is 1. The van der Waals surface area contributed by atoms with Gasteiger partial charge in [-0.15, -0.1) is 0 Å². The summed E-state index contributed by atoms with van der Waals surface area (Å²) in [5, 5.41) is 18.4. The number of nitrogens with one attached hydrogen (secondary N) is 2. The minimum Gasteiger partial charge on any atom is -0.483 e. The zero-order chi connectivity index (χ0) is 32.0. The number of H-pyrrole nitrogens is 1. The summed E-state index contributed by atoms with van der Waals surface area (Å²) in [6.07, 6.45) is 0. The normalized spacial score (nSPS) is 19.1. The van der Waals surface area contributed by atoms with Crippen LogP contribution in [0.3, 0.4) is 0 Å². The SMILES string of the molecule is NS(=O)(=O)c1ccc(NC(=O)COc2ccccc2[C@@H]2c3sc(=O)[nH]c3S[C@H]3C(=O)N(c4ccc([N+](=O)[O-])cc4)C(=O)[C@@H]23)cc1. The Morgan fingerprint density at radius 1 is 1.02 bits per heavy atom. The lowest BCUT2D eigenvalue weighted by Gasteiger charge is -2.30. The van der Waals surface area contributed by atoms with E-state index in [4.69, 9.17) is 9.88 Å². The molecule has 6 rings (SSSR count). The van der Waals surface area contributed by atoms with Crippen molar-refractivity contribution < 1.29 is 32.5 Å². The maximum absolute atomic E-state index is 14.0. The van der Waals surface area contributed by atoms with Crippen LogP contribution in [0.15, 0.2) is 87.5 Å². The number of hydrogen-bond acceptors (Lipinski definition) is 11. The highest BCUT2D eigenvalue weighted by atomic mass is 32.2. The van der Waals surface area contributed by atoms with Crippen molar-refractivity contribution >= 4 is 67.9 Å². The molecule has 230 valence electrons. The Kier molecular flexibility index (Phi) is 7.77. The lowest BCUT2D eigenvalue weighted by Crippen LogP contribution is -2.32. The number of nitro groups is 1. The molecule has 17 heteroatoms. The second-order valence-electron chi connectivity index (χ2n) is 9.98. The number of aromatic nitrogens is 1. The van der Waals surface area contributed by atoms with Crippen LogP contribution >= 0.6 is 23.1 Å². The number of rotatable bonds is 8. The van der Waals surface area contributed by atoms with Crippen molar-refractivity contribution in [3.63, 3.8) is 0 Å². The molecule has 3 atom stereocenters. The zero-order valence-corrected chi connectivity index (χ0v) is 25.2. The Balaban J connectivity index is 1.29. The molecule has 1 fully saturated rings. The van der Waals surface area contributed by atoms with E-state index in [1.54, 1.807) is 24.3 Å². The molecule has 2 aliphatic heterocycles. The summed E-state index contributed by atoms with van der Waals surface area (Å²) >= 11 is 1.99. The fourth-order valence-corrected chi connectivity index (χ4v) is 8.29. The average Bonchev–Trinajstić information content (AvgIpc) is 3.50. The number of benzene rings is 3. The molecule has 0 bridgehead atoms. The molecule has 3 amide bonds. The molecule has 1 aromatic heterocycles. The second kappa shape index (κ2) is 11.6. The quantitative estimate of drug-likeness (QED) is 0.142. The number of carbonyl (C=O) groups excluding carboxylic acids is 3. The van der Waals surface area contributed by atoms with Crippen molar-refractivity contribution in [2.75, 3.05) is 16.8 Å². The van der Waals surface area contributed by atoms with Crippen LogP contribution in [0.4, 0.5) is 17.1 Å². The van der Waals surface area contributed by atoms with Gasteiger partial charge in [-0.25, -0.2) is 18.5 Å². The first-order chi connectivity index (χ1) is 21.4. The van der Waals surface area contributed by atoms with E-state index >= 15 is 0 Å². The number of anilines is 2. The Morgan fingerprint density at radius 2 is 1.71 bits per heavy atom. The smallest absolute Gasteiger partial charge is 0.305 e. The zero-order valence-electron chi connectivity index (χ0n) is 22.7. The van der Waals surface area contributed by atoms with Gasteiger partial charge in [-0.3, -0.25) is 29.3 Å². The number of carbonyl (C=O) groups is 3. The number of sulfonamides is 1. The third-order valence-corrected chi connectivity index (χ3v) is 10.6. The minimum atomic E-state index is -3.90. The molecule has 3 aromatic carbocycles. The standard InChI is InChI=1S/C28H21N5O9S3/c29-45(40,41)17-11-5-14(6-12-17)30-20(34)13-42-19-4-2-1-3-18(19)21-22-24(43-25-23(21)44-28(37)31-25)27(36)32(26(22)35)15-7-9-16(10-8-15)33(38)39/h1-12,21-22,24H,13H2,(H,30,34)(H,31,37)(H2,29,40,41)/t21-,22-,24+/m0/s1. The summed E-state index contributed by atoms with van der Waals surface area (Å²) in [5.74, 6) is -3.13. The maximum atomic E-state index is 14.0. The summed E-state index contributed by atoms with van der Waals surface area (Å²) in [4.78, 5) is 67.1. The molecule has 0 unspecified atom stereocenters. The van der Waals surface area contributed by atoms with Gasteiger partial charge in [-0.1, -0.05) is 41.3 Å². The summed E-state index contributed by atoms with van der Waals surface area (Å²) in [5.41, 5.74) is 0.762. The number of ether oxygens (including phenoxy) is 1. The third-order valence-electron chi connectivity index (χ3n) is 7.22. The summed E-state index contributed by atoms with van der Waals surface area (Å²) in [7, 11) is -3.90. The van der Waals surface area contributed by atoms with Gasteiger partial charge in [0, 0.05) is 34.2 Å². The predicted molar refractivity (Wildman–Crippen MR) is 164 cm³/mol. The Labute approximate surface area is 262 Å². The van der Waals surface area contributed by atoms with Crippen molar-refractivity contribution in [3.05, 3.63) is 103 Å². The van der Waals surface area contributed by atoms with Crippen molar-refractivity contribution in [1.29, 1.82) is 0 Å². The lowest BCUT2D eigenvalue weighted by atomic mass is 9.82. The number of thioether (sulfide) groups is 1. The van der Waals surface area contributed by atoms with E-state index in [0.717, 1.165) is 28.0 Å². The average molecular weight is 668 g/mol. The molecule has 3 heterocycles. The van der Waals surface area contributed by atoms with Crippen molar-refractivity contribution in [2.24, 2.45) is 11.1 Å².